The van der Waals surface area contributed by atoms with Gasteiger partial charge in [-0.05, 0) is 47.0 Å². The van der Waals surface area contributed by atoms with Gasteiger partial charge in [-0.3, -0.25) is 9.59 Å². The van der Waals surface area contributed by atoms with E-state index in [9.17, 15) is 18.0 Å². The molecule has 0 radical (unpaired) electrons. The highest BCUT2D eigenvalue weighted by molar-refractivity contribution is 9.10. The average molecular weight is 467 g/mol. The Morgan fingerprint density at radius 3 is 2.32 bits per heavy atom. The molecular weight excluding hydrogens is 444 g/mol. The number of nitrogens with one attached hydrogen (secondary N) is 2. The summed E-state index contributed by atoms with van der Waals surface area (Å²) in [6.45, 7) is 2.26. The highest BCUT2D eigenvalue weighted by Crippen LogP contribution is 2.16. The summed E-state index contributed by atoms with van der Waals surface area (Å²) in [7, 11) is -3.27. The molecule has 0 aliphatic heterocycles. The molecule has 0 aliphatic carbocycles. The molecule has 2 amide bonds. The molecule has 1 atom stereocenters. The van der Waals surface area contributed by atoms with Gasteiger partial charge in [-0.15, -0.1) is 0 Å². The molecule has 0 spiro atoms. The fraction of sp³-hybridized carbons (Fsp3) is 0.300. The third-order valence-electron chi connectivity index (χ3n) is 4.10. The molecule has 2 N–H and O–H groups in total. The lowest BCUT2D eigenvalue weighted by Crippen LogP contribution is -2.47. The summed E-state index contributed by atoms with van der Waals surface area (Å²) in [5.74, 6) is -1.08. The molecular formula is C20H23BrN2O4S. The smallest absolute Gasteiger partial charge is 0.253 e. The first kappa shape index (κ1) is 22.1. The monoisotopic (exact) mass is 466 g/mol. The lowest BCUT2D eigenvalue weighted by Gasteiger charge is -2.19. The lowest BCUT2D eigenvalue weighted by atomic mass is 10.1. The first-order valence-corrected chi connectivity index (χ1v) is 11.6. The zero-order chi connectivity index (χ0) is 20.7. The van der Waals surface area contributed by atoms with Crippen molar-refractivity contribution in [2.75, 3.05) is 12.0 Å². The SMILES string of the molecule is Cc1ccc(CNC(=O)C(CCS(C)(=O)=O)NC(=O)c2ccccc2Br)cc1. The zero-order valence-corrected chi connectivity index (χ0v) is 18.1. The Kier molecular flexibility index (Phi) is 7.77. The van der Waals surface area contributed by atoms with Crippen molar-refractivity contribution in [3.05, 3.63) is 69.7 Å². The molecule has 2 aromatic carbocycles. The van der Waals surface area contributed by atoms with Crippen molar-refractivity contribution in [1.29, 1.82) is 0 Å². The first-order chi connectivity index (χ1) is 13.2. The summed E-state index contributed by atoms with van der Waals surface area (Å²) in [6, 6.07) is 13.6. The maximum Gasteiger partial charge on any atom is 0.253 e. The van der Waals surface area contributed by atoms with Crippen molar-refractivity contribution < 1.29 is 18.0 Å². The molecule has 8 heteroatoms. The summed E-state index contributed by atoms with van der Waals surface area (Å²) in [5, 5.41) is 5.41. The number of aryl methyl sites for hydroxylation is 1. The number of hydrogen-bond acceptors (Lipinski definition) is 4. The second kappa shape index (κ2) is 9.84. The van der Waals surface area contributed by atoms with Crippen molar-refractivity contribution in [1.82, 2.24) is 10.6 Å². The van der Waals surface area contributed by atoms with Gasteiger partial charge in [0.05, 0.1) is 11.3 Å². The average Bonchev–Trinajstić information content (AvgIpc) is 2.64. The van der Waals surface area contributed by atoms with Crippen LogP contribution in [0, 0.1) is 6.92 Å². The standard InChI is InChI=1S/C20H23BrN2O4S/c1-14-7-9-15(10-8-14)13-22-20(25)18(11-12-28(2,26)27)23-19(24)16-5-3-4-6-17(16)21/h3-10,18H,11-13H2,1-2H3,(H,22,25)(H,23,24). The number of hydrogen-bond donors (Lipinski definition) is 2. The topological polar surface area (TPSA) is 92.3 Å². The van der Waals surface area contributed by atoms with Crippen molar-refractivity contribution in [3.63, 3.8) is 0 Å². The molecule has 0 saturated heterocycles. The molecule has 6 nitrogen and oxygen atoms in total. The number of amides is 2. The summed E-state index contributed by atoms with van der Waals surface area (Å²) >= 11 is 3.30. The van der Waals surface area contributed by atoms with Crippen LogP contribution in [0.25, 0.3) is 0 Å². The predicted octanol–water partition coefficient (Wildman–Crippen LogP) is 2.61. The number of carbonyl (C=O) groups is 2. The summed E-state index contributed by atoms with van der Waals surface area (Å²) in [5.41, 5.74) is 2.40. The molecule has 0 bridgehead atoms. The molecule has 0 fully saturated rings. The van der Waals surface area contributed by atoms with E-state index in [1.54, 1.807) is 24.3 Å². The molecule has 1 unspecified atom stereocenters. The third kappa shape index (κ3) is 7.09. The van der Waals surface area contributed by atoms with E-state index in [0.29, 0.717) is 16.6 Å². The van der Waals surface area contributed by atoms with Crippen LogP contribution in [0.1, 0.15) is 27.9 Å². The Hall–Kier alpha value is -2.19. The van der Waals surface area contributed by atoms with E-state index in [4.69, 9.17) is 0 Å². The Balaban J connectivity index is 2.08. The Bertz CT molecular complexity index is 943. The van der Waals surface area contributed by atoms with E-state index in [-0.39, 0.29) is 12.2 Å². The van der Waals surface area contributed by atoms with Crippen molar-refractivity contribution in [2.45, 2.75) is 25.9 Å². The first-order valence-electron chi connectivity index (χ1n) is 8.72. The van der Waals surface area contributed by atoms with Gasteiger partial charge in [0.25, 0.3) is 5.91 Å². The van der Waals surface area contributed by atoms with Gasteiger partial charge in [-0.2, -0.15) is 0 Å². The maximum absolute atomic E-state index is 12.6. The van der Waals surface area contributed by atoms with E-state index in [1.165, 1.54) is 0 Å². The lowest BCUT2D eigenvalue weighted by molar-refractivity contribution is -0.123. The van der Waals surface area contributed by atoms with Crippen molar-refractivity contribution in [2.24, 2.45) is 0 Å². The summed E-state index contributed by atoms with van der Waals surface area (Å²) in [6.07, 6.45) is 1.10. The predicted molar refractivity (Wildman–Crippen MR) is 113 cm³/mol. The van der Waals surface area contributed by atoms with Gasteiger partial charge in [0, 0.05) is 17.3 Å². The van der Waals surface area contributed by atoms with Crippen LogP contribution >= 0.6 is 15.9 Å². The van der Waals surface area contributed by atoms with Crippen LogP contribution in [-0.4, -0.2) is 38.3 Å². The Morgan fingerprint density at radius 2 is 1.71 bits per heavy atom. The van der Waals surface area contributed by atoms with Crippen molar-refractivity contribution >= 4 is 37.6 Å². The molecule has 2 rings (SSSR count). The Labute approximate surface area is 173 Å². The van der Waals surface area contributed by atoms with Gasteiger partial charge >= 0.3 is 0 Å². The van der Waals surface area contributed by atoms with Crippen LogP contribution in [0.2, 0.25) is 0 Å². The van der Waals surface area contributed by atoms with Crippen LogP contribution in [0.5, 0.6) is 0 Å². The summed E-state index contributed by atoms with van der Waals surface area (Å²) < 4.78 is 23.6. The van der Waals surface area contributed by atoms with E-state index >= 15 is 0 Å². The minimum atomic E-state index is -3.27. The van der Waals surface area contributed by atoms with E-state index in [1.807, 2.05) is 31.2 Å². The third-order valence-corrected chi connectivity index (χ3v) is 5.77. The normalized spacial score (nSPS) is 12.2. The minimum absolute atomic E-state index is 0.00520. The van der Waals surface area contributed by atoms with Crippen LogP contribution < -0.4 is 10.6 Å². The van der Waals surface area contributed by atoms with Gasteiger partial charge in [0.15, 0.2) is 0 Å². The van der Waals surface area contributed by atoms with E-state index < -0.39 is 27.7 Å². The highest BCUT2D eigenvalue weighted by atomic mass is 79.9. The van der Waals surface area contributed by atoms with Crippen LogP contribution in [0.15, 0.2) is 53.0 Å². The highest BCUT2D eigenvalue weighted by Gasteiger charge is 2.23. The molecule has 0 aromatic heterocycles. The quantitative estimate of drug-likeness (QED) is 0.625. The number of rotatable bonds is 8. The van der Waals surface area contributed by atoms with Crippen LogP contribution in [0.4, 0.5) is 0 Å². The van der Waals surface area contributed by atoms with E-state index in [2.05, 4.69) is 26.6 Å². The van der Waals surface area contributed by atoms with Crippen LogP contribution in [0.3, 0.4) is 0 Å². The van der Waals surface area contributed by atoms with Gasteiger partial charge < -0.3 is 10.6 Å². The number of sulfone groups is 1. The number of benzene rings is 2. The number of halogens is 1. The molecule has 2 aromatic rings. The second-order valence-corrected chi connectivity index (χ2v) is 9.74. The van der Waals surface area contributed by atoms with Gasteiger partial charge in [-0.25, -0.2) is 8.42 Å². The van der Waals surface area contributed by atoms with Crippen LogP contribution in [-0.2, 0) is 21.2 Å². The molecule has 28 heavy (non-hydrogen) atoms. The zero-order valence-electron chi connectivity index (χ0n) is 15.7. The van der Waals surface area contributed by atoms with Gasteiger partial charge in [-0.1, -0.05) is 42.0 Å². The number of carbonyl (C=O) groups excluding carboxylic acids is 2. The maximum atomic E-state index is 12.6. The Morgan fingerprint density at radius 1 is 1.07 bits per heavy atom. The second-order valence-electron chi connectivity index (χ2n) is 6.63. The molecule has 0 aliphatic rings. The molecule has 0 saturated carbocycles. The molecule has 0 heterocycles. The summed E-state index contributed by atoms with van der Waals surface area (Å²) in [4.78, 5) is 25.2. The largest absolute Gasteiger partial charge is 0.350 e. The minimum Gasteiger partial charge on any atom is -0.350 e. The van der Waals surface area contributed by atoms with Gasteiger partial charge in [0.1, 0.15) is 15.9 Å². The van der Waals surface area contributed by atoms with E-state index in [0.717, 1.165) is 17.4 Å². The van der Waals surface area contributed by atoms with Crippen molar-refractivity contribution in [3.8, 4) is 0 Å². The molecule has 150 valence electrons. The fourth-order valence-corrected chi connectivity index (χ4v) is 3.63. The van der Waals surface area contributed by atoms with Gasteiger partial charge in [0.2, 0.25) is 5.91 Å². The fourth-order valence-electron chi connectivity index (χ4n) is 2.50.